The first-order valence-electron chi connectivity index (χ1n) is 8.91. The van der Waals surface area contributed by atoms with Crippen LogP contribution in [0.1, 0.15) is 46.5 Å². The summed E-state index contributed by atoms with van der Waals surface area (Å²) < 4.78 is 14.7. The Balaban J connectivity index is 0. The van der Waals surface area contributed by atoms with Crippen LogP contribution in [0, 0.1) is 5.92 Å². The molecule has 1 aliphatic heterocycles. The third-order valence-electron chi connectivity index (χ3n) is 3.32. The lowest BCUT2D eigenvalue weighted by Crippen LogP contribution is -2.12. The molecule has 2 atom stereocenters. The van der Waals surface area contributed by atoms with Gasteiger partial charge in [-0.25, -0.2) is 9.59 Å². The molecule has 0 aromatic rings. The van der Waals surface area contributed by atoms with Crippen LogP contribution in [-0.2, 0) is 23.8 Å². The fourth-order valence-corrected chi connectivity index (χ4v) is 1.61. The number of halogens is 2. The number of hydrogen-bond donors (Lipinski definition) is 0. The summed E-state index contributed by atoms with van der Waals surface area (Å²) >= 11 is 9.69. The Labute approximate surface area is 173 Å². The van der Waals surface area contributed by atoms with Crippen LogP contribution in [0.2, 0.25) is 0 Å². The standard InChI is InChI=1S/C11H20O2.C7H10O3.C2H2Cl2/c1-4-7-8-10(5-2)9-13-11(12)6-3;1-5(2)7(8)10-4-6-3-9-6;1-2(3)4/h6,10H,3-5,7-9H2,1-2H3;6H,1,3-4H2,2H3;1H2. The lowest BCUT2D eigenvalue weighted by molar-refractivity contribution is -0.140. The topological polar surface area (TPSA) is 65.1 Å². The third-order valence-corrected chi connectivity index (χ3v) is 3.32. The normalized spacial score (nSPS) is 14.9. The monoisotopic (exact) mass is 422 g/mol. The number of carbonyl (C=O) groups is 2. The molecule has 7 heteroatoms. The largest absolute Gasteiger partial charge is 0.462 e. The van der Waals surface area contributed by atoms with E-state index in [4.69, 9.17) is 37.4 Å². The fraction of sp³-hybridized carbons (Fsp3) is 0.600. The van der Waals surface area contributed by atoms with Crippen molar-refractivity contribution in [3.05, 3.63) is 35.9 Å². The average molecular weight is 423 g/mol. The zero-order chi connectivity index (χ0) is 21.2. The molecule has 2 unspecified atom stereocenters. The van der Waals surface area contributed by atoms with Crippen molar-refractivity contribution in [2.45, 2.75) is 52.6 Å². The zero-order valence-corrected chi connectivity index (χ0v) is 18.1. The molecule has 1 heterocycles. The quantitative estimate of drug-likeness (QED) is 0.268. The van der Waals surface area contributed by atoms with Crippen LogP contribution >= 0.6 is 23.2 Å². The smallest absolute Gasteiger partial charge is 0.333 e. The van der Waals surface area contributed by atoms with Crippen LogP contribution in [-0.4, -0.2) is 37.9 Å². The Hall–Kier alpha value is -1.30. The van der Waals surface area contributed by atoms with Crippen LogP contribution in [0.5, 0.6) is 0 Å². The first kappa shape index (κ1) is 27.9. The Kier molecular flexibility index (Phi) is 18.7. The summed E-state index contributed by atoms with van der Waals surface area (Å²) in [4.78, 5) is 21.5. The Bertz CT molecular complexity index is 469. The molecule has 0 spiro atoms. The van der Waals surface area contributed by atoms with Gasteiger partial charge in [0.05, 0.1) is 17.7 Å². The maximum absolute atomic E-state index is 10.8. The van der Waals surface area contributed by atoms with E-state index in [0.29, 0.717) is 31.3 Å². The second-order valence-corrected chi connectivity index (χ2v) is 7.03. The van der Waals surface area contributed by atoms with Gasteiger partial charge in [0.1, 0.15) is 12.7 Å². The van der Waals surface area contributed by atoms with E-state index < -0.39 is 0 Å². The summed E-state index contributed by atoms with van der Waals surface area (Å²) in [7, 11) is 0. The first-order valence-corrected chi connectivity index (χ1v) is 9.66. The number of rotatable bonds is 10. The van der Waals surface area contributed by atoms with E-state index in [9.17, 15) is 9.59 Å². The molecule has 0 N–H and O–H groups in total. The summed E-state index contributed by atoms with van der Waals surface area (Å²) in [5, 5.41) is 0. The van der Waals surface area contributed by atoms with Gasteiger partial charge in [-0.1, -0.05) is 76.0 Å². The second-order valence-electron chi connectivity index (χ2n) is 5.92. The summed E-state index contributed by atoms with van der Waals surface area (Å²) in [5.74, 6) is -0.130. The SMILES string of the molecule is C=C(C)C(=O)OCC1CO1.C=C(Cl)Cl.C=CC(=O)OCC(CC)CCCC. The van der Waals surface area contributed by atoms with E-state index in [1.807, 2.05) is 0 Å². The lowest BCUT2D eigenvalue weighted by Gasteiger charge is -2.13. The number of unbranched alkanes of at least 4 members (excludes halogenated alkanes) is 1. The summed E-state index contributed by atoms with van der Waals surface area (Å²) in [6.07, 6.45) is 5.99. The van der Waals surface area contributed by atoms with E-state index in [0.717, 1.165) is 12.8 Å². The van der Waals surface area contributed by atoms with Gasteiger partial charge in [-0.15, -0.1) is 0 Å². The highest BCUT2D eigenvalue weighted by Gasteiger charge is 2.24. The van der Waals surface area contributed by atoms with Gasteiger partial charge < -0.3 is 14.2 Å². The van der Waals surface area contributed by atoms with Gasteiger partial charge in [-0.2, -0.15) is 0 Å². The summed E-state index contributed by atoms with van der Waals surface area (Å²) in [6, 6.07) is 0. The molecule has 1 fully saturated rings. The van der Waals surface area contributed by atoms with Gasteiger partial charge in [0, 0.05) is 11.6 Å². The number of carbonyl (C=O) groups excluding carboxylic acids is 2. The van der Waals surface area contributed by atoms with Gasteiger partial charge in [-0.3, -0.25) is 0 Å². The Morgan fingerprint density at radius 3 is 2.19 bits per heavy atom. The predicted molar refractivity (Wildman–Crippen MR) is 111 cm³/mol. The van der Waals surface area contributed by atoms with E-state index in [2.05, 4.69) is 33.6 Å². The molecule has 1 saturated heterocycles. The molecule has 0 aromatic heterocycles. The summed E-state index contributed by atoms with van der Waals surface area (Å²) in [6.45, 7) is 17.4. The molecule has 0 amide bonds. The van der Waals surface area contributed by atoms with Gasteiger partial charge in [0.15, 0.2) is 0 Å². The fourth-order valence-electron chi connectivity index (χ4n) is 1.61. The number of hydrogen-bond acceptors (Lipinski definition) is 5. The number of epoxide rings is 1. The van der Waals surface area contributed by atoms with Crippen molar-refractivity contribution >= 4 is 35.1 Å². The van der Waals surface area contributed by atoms with Crippen molar-refractivity contribution in [2.75, 3.05) is 19.8 Å². The van der Waals surface area contributed by atoms with E-state index in [-0.39, 0.29) is 22.5 Å². The molecule has 1 aliphatic rings. The molecule has 0 aromatic carbocycles. The van der Waals surface area contributed by atoms with Crippen molar-refractivity contribution in [3.63, 3.8) is 0 Å². The molecule has 0 radical (unpaired) electrons. The average Bonchev–Trinajstić information content (AvgIpc) is 3.44. The predicted octanol–water partition coefficient (Wildman–Crippen LogP) is 5.37. The Morgan fingerprint density at radius 1 is 1.26 bits per heavy atom. The van der Waals surface area contributed by atoms with Crippen molar-refractivity contribution in [1.29, 1.82) is 0 Å². The third kappa shape index (κ3) is 22.7. The van der Waals surface area contributed by atoms with E-state index >= 15 is 0 Å². The molecular weight excluding hydrogens is 391 g/mol. The maximum atomic E-state index is 10.8. The minimum absolute atomic E-state index is 0.111. The molecule has 0 bridgehead atoms. The minimum Gasteiger partial charge on any atom is -0.462 e. The van der Waals surface area contributed by atoms with Crippen molar-refractivity contribution in [2.24, 2.45) is 5.92 Å². The number of esters is 2. The molecule has 5 nitrogen and oxygen atoms in total. The van der Waals surface area contributed by atoms with Gasteiger partial charge in [-0.05, 0) is 19.3 Å². The van der Waals surface area contributed by atoms with Crippen LogP contribution in [0.15, 0.2) is 35.9 Å². The van der Waals surface area contributed by atoms with Crippen LogP contribution in [0.4, 0.5) is 0 Å². The van der Waals surface area contributed by atoms with Crippen LogP contribution in [0.25, 0.3) is 0 Å². The molecule has 0 aliphatic carbocycles. The first-order chi connectivity index (χ1) is 12.7. The molecule has 1 rings (SSSR count). The molecule has 27 heavy (non-hydrogen) atoms. The van der Waals surface area contributed by atoms with Crippen molar-refractivity contribution in [1.82, 2.24) is 0 Å². The zero-order valence-electron chi connectivity index (χ0n) is 16.6. The molecule has 156 valence electrons. The minimum atomic E-state index is -0.337. The van der Waals surface area contributed by atoms with Crippen molar-refractivity contribution < 1.29 is 23.8 Å². The van der Waals surface area contributed by atoms with Crippen LogP contribution < -0.4 is 0 Å². The van der Waals surface area contributed by atoms with Crippen molar-refractivity contribution in [3.8, 4) is 0 Å². The highest BCUT2D eigenvalue weighted by atomic mass is 35.5. The van der Waals surface area contributed by atoms with Gasteiger partial charge in [0.2, 0.25) is 0 Å². The molecular formula is C20H32Cl2O5. The van der Waals surface area contributed by atoms with Gasteiger partial charge in [0.25, 0.3) is 0 Å². The van der Waals surface area contributed by atoms with Crippen LogP contribution in [0.3, 0.4) is 0 Å². The van der Waals surface area contributed by atoms with E-state index in [1.54, 1.807) is 6.92 Å². The second kappa shape index (κ2) is 18.1. The summed E-state index contributed by atoms with van der Waals surface area (Å²) in [5.41, 5.74) is 0.431. The van der Waals surface area contributed by atoms with Gasteiger partial charge >= 0.3 is 11.9 Å². The number of ether oxygens (including phenoxy) is 3. The lowest BCUT2D eigenvalue weighted by atomic mass is 10.0. The Morgan fingerprint density at radius 2 is 1.81 bits per heavy atom. The maximum Gasteiger partial charge on any atom is 0.333 e. The van der Waals surface area contributed by atoms with E-state index in [1.165, 1.54) is 18.9 Å². The highest BCUT2D eigenvalue weighted by Crippen LogP contribution is 2.12. The molecule has 0 saturated carbocycles. The highest BCUT2D eigenvalue weighted by molar-refractivity contribution is 6.55.